The van der Waals surface area contributed by atoms with Gasteiger partial charge in [-0.3, -0.25) is 4.79 Å². The van der Waals surface area contributed by atoms with Gasteiger partial charge in [0.15, 0.2) is 22.6 Å². The highest BCUT2D eigenvalue weighted by atomic mass is 16.1. The van der Waals surface area contributed by atoms with Crippen molar-refractivity contribution >= 4 is 28.1 Å². The van der Waals surface area contributed by atoms with Crippen molar-refractivity contribution < 1.29 is 0 Å². The molecule has 0 aromatic carbocycles. The first-order valence-corrected chi connectivity index (χ1v) is 6.30. The molecule has 0 aliphatic carbocycles. The van der Waals surface area contributed by atoms with Crippen molar-refractivity contribution in [2.75, 3.05) is 5.73 Å². The zero-order valence-electron chi connectivity index (χ0n) is 11.9. The second-order valence-corrected chi connectivity index (χ2v) is 4.55. The molecular weight excluding hydrogens is 286 g/mol. The molecule has 4 heterocycles. The fourth-order valence-corrected chi connectivity index (χ4v) is 1.92. The Morgan fingerprint density at radius 2 is 1.59 bits per heavy atom. The van der Waals surface area contributed by atoms with Crippen LogP contribution in [0.4, 0.5) is 5.82 Å². The highest BCUT2D eigenvalue weighted by Crippen LogP contribution is 2.11. The number of nitrogen functional groups attached to an aromatic ring is 1. The zero-order valence-corrected chi connectivity index (χ0v) is 11.9. The van der Waals surface area contributed by atoms with E-state index >= 15 is 0 Å². The minimum Gasteiger partial charge on any atom is -0.382 e. The lowest BCUT2D eigenvalue weighted by Gasteiger charge is -1.92. The second-order valence-electron chi connectivity index (χ2n) is 4.55. The summed E-state index contributed by atoms with van der Waals surface area (Å²) < 4.78 is 3.50. The molecule has 0 aliphatic heterocycles. The Balaban J connectivity index is 0.000000131. The Labute approximate surface area is 123 Å². The lowest BCUT2D eigenvalue weighted by molar-refractivity contribution is 0.927. The fraction of sp³-hybridized carbons (Fsp3) is 0.167. The highest BCUT2D eigenvalue weighted by molar-refractivity contribution is 5.80. The molecule has 22 heavy (non-hydrogen) atoms. The van der Waals surface area contributed by atoms with Crippen molar-refractivity contribution in [3.8, 4) is 0 Å². The van der Waals surface area contributed by atoms with E-state index in [-0.39, 0.29) is 5.56 Å². The summed E-state index contributed by atoms with van der Waals surface area (Å²) >= 11 is 0. The van der Waals surface area contributed by atoms with Gasteiger partial charge in [-0.2, -0.15) is 0 Å². The third-order valence-corrected chi connectivity index (χ3v) is 3.03. The zero-order chi connectivity index (χ0) is 15.7. The van der Waals surface area contributed by atoms with E-state index in [0.717, 1.165) is 5.65 Å². The number of anilines is 1. The molecule has 4 rings (SSSR count). The summed E-state index contributed by atoms with van der Waals surface area (Å²) in [6, 6.07) is 0. The number of fused-ring (bicyclic) bond motifs is 2. The van der Waals surface area contributed by atoms with Gasteiger partial charge < -0.3 is 19.9 Å². The Kier molecular flexibility index (Phi) is 3.26. The smallest absolute Gasteiger partial charge is 0.278 e. The Morgan fingerprint density at radius 1 is 0.955 bits per heavy atom. The lowest BCUT2D eigenvalue weighted by Crippen LogP contribution is -2.06. The molecule has 0 saturated heterocycles. The molecule has 0 bridgehead atoms. The number of hydrogen-bond donors (Lipinski definition) is 2. The second kappa shape index (κ2) is 5.24. The SMILES string of the molecule is Cn1cnc2c(=O)[nH]cnc21.Cn1cnc2c(N)ncnc21. The maximum atomic E-state index is 11.0. The average molecular weight is 299 g/mol. The minimum absolute atomic E-state index is 0.199. The molecule has 0 radical (unpaired) electrons. The van der Waals surface area contributed by atoms with Crippen LogP contribution in [-0.2, 0) is 14.1 Å². The Hall–Kier alpha value is -3.30. The molecule has 0 spiro atoms. The number of imidazole rings is 2. The van der Waals surface area contributed by atoms with Crippen molar-refractivity contribution in [2.45, 2.75) is 0 Å². The molecule has 10 heteroatoms. The van der Waals surface area contributed by atoms with Gasteiger partial charge >= 0.3 is 0 Å². The quantitative estimate of drug-likeness (QED) is 0.451. The van der Waals surface area contributed by atoms with Crippen LogP contribution in [0.3, 0.4) is 0 Å². The van der Waals surface area contributed by atoms with Crippen molar-refractivity contribution in [3.05, 3.63) is 35.7 Å². The molecule has 4 aromatic heterocycles. The van der Waals surface area contributed by atoms with E-state index in [9.17, 15) is 4.79 Å². The Morgan fingerprint density at radius 3 is 2.23 bits per heavy atom. The maximum absolute atomic E-state index is 11.0. The lowest BCUT2D eigenvalue weighted by atomic mass is 10.5. The molecule has 10 nitrogen and oxygen atoms in total. The third-order valence-electron chi connectivity index (χ3n) is 3.03. The van der Waals surface area contributed by atoms with Gasteiger partial charge in [0.05, 0.1) is 19.0 Å². The first-order valence-electron chi connectivity index (χ1n) is 6.30. The first kappa shape index (κ1) is 13.7. The summed E-state index contributed by atoms with van der Waals surface area (Å²) in [5, 5.41) is 0. The molecule has 0 atom stereocenters. The highest BCUT2D eigenvalue weighted by Gasteiger charge is 2.03. The van der Waals surface area contributed by atoms with Gasteiger partial charge in [-0.15, -0.1) is 0 Å². The standard InChI is InChI=1S/C6H7N5.C6H6N4O/c1-11-3-10-4-5(7)8-2-9-6(4)11;1-10-3-9-4-5(10)7-2-8-6(4)11/h2-3H,1H3,(H2,7,8,9);2-3H,1H3,(H,7,8,11). The molecular formula is C12H13N9O. The fourth-order valence-electron chi connectivity index (χ4n) is 1.92. The van der Waals surface area contributed by atoms with Gasteiger partial charge in [-0.1, -0.05) is 0 Å². The number of nitrogens with zero attached hydrogens (tertiary/aromatic N) is 7. The number of aryl methyl sites for hydroxylation is 2. The Bertz CT molecular complexity index is 997. The number of nitrogens with two attached hydrogens (primary N) is 1. The van der Waals surface area contributed by atoms with Crippen LogP contribution in [0.15, 0.2) is 30.1 Å². The monoisotopic (exact) mass is 299 g/mol. The van der Waals surface area contributed by atoms with Crippen LogP contribution >= 0.6 is 0 Å². The molecule has 0 unspecified atom stereocenters. The van der Waals surface area contributed by atoms with Crippen LogP contribution in [0, 0.1) is 0 Å². The molecule has 0 amide bonds. The third kappa shape index (κ3) is 2.26. The summed E-state index contributed by atoms with van der Waals surface area (Å²) in [4.78, 5) is 33.1. The molecule has 112 valence electrons. The van der Waals surface area contributed by atoms with E-state index in [1.165, 1.54) is 12.7 Å². The number of aromatic amines is 1. The summed E-state index contributed by atoms with van der Waals surface area (Å²) in [5.74, 6) is 0.426. The maximum Gasteiger partial charge on any atom is 0.278 e. The van der Waals surface area contributed by atoms with Crippen LogP contribution in [0.1, 0.15) is 0 Å². The van der Waals surface area contributed by atoms with E-state index in [1.54, 1.807) is 28.8 Å². The summed E-state index contributed by atoms with van der Waals surface area (Å²) in [6.07, 6.45) is 6.02. The van der Waals surface area contributed by atoms with Gasteiger partial charge in [0.2, 0.25) is 0 Å². The van der Waals surface area contributed by atoms with E-state index in [4.69, 9.17) is 5.73 Å². The minimum atomic E-state index is -0.199. The number of H-pyrrole nitrogens is 1. The molecule has 0 aliphatic rings. The van der Waals surface area contributed by atoms with Crippen LogP contribution < -0.4 is 11.3 Å². The van der Waals surface area contributed by atoms with Crippen molar-refractivity contribution in [1.82, 2.24) is 39.0 Å². The number of aromatic nitrogens is 8. The summed E-state index contributed by atoms with van der Waals surface area (Å²) in [7, 11) is 3.66. The number of rotatable bonds is 0. The predicted molar refractivity (Wildman–Crippen MR) is 79.8 cm³/mol. The predicted octanol–water partition coefficient (Wildman–Crippen LogP) is -0.398. The normalized spacial score (nSPS) is 10.6. The van der Waals surface area contributed by atoms with Crippen molar-refractivity contribution in [1.29, 1.82) is 0 Å². The topological polar surface area (TPSA) is 133 Å². The average Bonchev–Trinajstić information content (AvgIpc) is 3.07. The van der Waals surface area contributed by atoms with Crippen molar-refractivity contribution in [3.63, 3.8) is 0 Å². The largest absolute Gasteiger partial charge is 0.382 e. The van der Waals surface area contributed by atoms with E-state index in [1.807, 2.05) is 7.05 Å². The van der Waals surface area contributed by atoms with Crippen LogP contribution in [-0.4, -0.2) is 39.0 Å². The summed E-state index contributed by atoms with van der Waals surface area (Å²) in [6.45, 7) is 0. The molecule has 4 aromatic rings. The van der Waals surface area contributed by atoms with E-state index in [2.05, 4.69) is 29.9 Å². The van der Waals surface area contributed by atoms with Crippen molar-refractivity contribution in [2.24, 2.45) is 14.1 Å². The van der Waals surface area contributed by atoms with Gasteiger partial charge in [0.25, 0.3) is 5.56 Å². The summed E-state index contributed by atoms with van der Waals surface area (Å²) in [5.41, 5.74) is 7.76. The van der Waals surface area contributed by atoms with E-state index in [0.29, 0.717) is 22.5 Å². The molecule has 0 fully saturated rings. The van der Waals surface area contributed by atoms with Crippen LogP contribution in [0.25, 0.3) is 22.3 Å². The van der Waals surface area contributed by atoms with Gasteiger partial charge in [-0.05, 0) is 0 Å². The molecule has 0 saturated carbocycles. The van der Waals surface area contributed by atoms with Crippen LogP contribution in [0.5, 0.6) is 0 Å². The number of hydrogen-bond acceptors (Lipinski definition) is 7. The van der Waals surface area contributed by atoms with Gasteiger partial charge in [0.1, 0.15) is 11.8 Å². The number of nitrogens with one attached hydrogen (secondary N) is 1. The van der Waals surface area contributed by atoms with Crippen LogP contribution in [0.2, 0.25) is 0 Å². The van der Waals surface area contributed by atoms with Gasteiger partial charge in [0, 0.05) is 14.1 Å². The molecule has 3 N–H and O–H groups in total. The van der Waals surface area contributed by atoms with E-state index < -0.39 is 0 Å². The first-order chi connectivity index (χ1) is 10.6. The van der Waals surface area contributed by atoms with Gasteiger partial charge in [-0.25, -0.2) is 24.9 Å².